The summed E-state index contributed by atoms with van der Waals surface area (Å²) >= 11 is 0. The molecule has 0 aliphatic heterocycles. The van der Waals surface area contributed by atoms with Gasteiger partial charge in [0, 0.05) is 24.6 Å². The number of aryl methyl sites for hydroxylation is 2. The van der Waals surface area contributed by atoms with E-state index in [1.165, 1.54) is 0 Å². The second kappa shape index (κ2) is 9.27. The van der Waals surface area contributed by atoms with E-state index in [0.29, 0.717) is 5.92 Å². The second-order valence-corrected chi connectivity index (χ2v) is 8.44. The van der Waals surface area contributed by atoms with Crippen LogP contribution in [0.3, 0.4) is 0 Å². The van der Waals surface area contributed by atoms with Gasteiger partial charge in [-0.1, -0.05) is 13.8 Å². The summed E-state index contributed by atoms with van der Waals surface area (Å²) in [7, 11) is 4.18. The molecular weight excluding hydrogens is 362 g/mol. The van der Waals surface area contributed by atoms with Crippen LogP contribution in [0.5, 0.6) is 0 Å². The standard InChI is InChI=1S/C23H33N5O/c1-17(2)15-22(27-12-6-7-13-27)23(29)25-19-9-10-21-20(16-19)24-18(3)28(21)14-8-11-26(4)5/h6-7,9-10,12-13,16-17,22H,8,11,14-15H2,1-5H3,(H,25,29). The highest BCUT2D eigenvalue weighted by molar-refractivity contribution is 5.95. The van der Waals surface area contributed by atoms with Crippen LogP contribution in [0.2, 0.25) is 0 Å². The molecule has 1 amide bonds. The molecule has 1 aromatic carbocycles. The molecule has 0 saturated heterocycles. The van der Waals surface area contributed by atoms with Crippen molar-refractivity contribution >= 4 is 22.6 Å². The number of fused-ring (bicyclic) bond motifs is 1. The molecule has 1 atom stereocenters. The third-order valence-electron chi connectivity index (χ3n) is 5.18. The van der Waals surface area contributed by atoms with Gasteiger partial charge >= 0.3 is 0 Å². The Morgan fingerprint density at radius 1 is 1.21 bits per heavy atom. The van der Waals surface area contributed by atoms with Crippen molar-refractivity contribution in [1.82, 2.24) is 19.0 Å². The molecule has 3 rings (SSSR count). The maximum Gasteiger partial charge on any atom is 0.247 e. The summed E-state index contributed by atoms with van der Waals surface area (Å²) in [6.07, 6.45) is 5.77. The van der Waals surface area contributed by atoms with Gasteiger partial charge < -0.3 is 19.4 Å². The first-order valence-electron chi connectivity index (χ1n) is 10.4. The van der Waals surface area contributed by atoms with Crippen molar-refractivity contribution in [1.29, 1.82) is 0 Å². The average Bonchev–Trinajstić information content (AvgIpc) is 3.27. The number of carbonyl (C=O) groups excluding carboxylic acids is 1. The lowest BCUT2D eigenvalue weighted by Gasteiger charge is -2.20. The molecule has 6 heteroatoms. The van der Waals surface area contributed by atoms with E-state index in [1.54, 1.807) is 0 Å². The van der Waals surface area contributed by atoms with E-state index in [2.05, 4.69) is 48.8 Å². The van der Waals surface area contributed by atoms with Gasteiger partial charge in [-0.3, -0.25) is 4.79 Å². The van der Waals surface area contributed by atoms with Gasteiger partial charge in [-0.05, 0) is 76.7 Å². The normalized spacial score (nSPS) is 12.8. The number of nitrogens with zero attached hydrogens (tertiary/aromatic N) is 4. The largest absolute Gasteiger partial charge is 0.342 e. The van der Waals surface area contributed by atoms with Gasteiger partial charge in [0.25, 0.3) is 0 Å². The molecule has 0 bridgehead atoms. The third kappa shape index (κ3) is 5.26. The van der Waals surface area contributed by atoms with Gasteiger partial charge in [0.05, 0.1) is 11.0 Å². The SMILES string of the molecule is Cc1nc2cc(NC(=O)C(CC(C)C)n3cccc3)ccc2n1CCCN(C)C. The lowest BCUT2D eigenvalue weighted by Crippen LogP contribution is -2.26. The molecule has 2 heterocycles. The monoisotopic (exact) mass is 395 g/mol. The molecule has 0 radical (unpaired) electrons. The van der Waals surface area contributed by atoms with Gasteiger partial charge in [-0.25, -0.2) is 4.98 Å². The summed E-state index contributed by atoms with van der Waals surface area (Å²) in [6, 6.07) is 9.72. The molecule has 6 nitrogen and oxygen atoms in total. The van der Waals surface area contributed by atoms with Gasteiger partial charge in [0.1, 0.15) is 11.9 Å². The van der Waals surface area contributed by atoms with Gasteiger partial charge in [-0.15, -0.1) is 0 Å². The zero-order valence-electron chi connectivity index (χ0n) is 18.2. The molecule has 3 aromatic rings. The molecule has 0 aliphatic rings. The number of anilines is 1. The molecular formula is C23H33N5O. The Kier molecular flexibility index (Phi) is 6.75. The first kappa shape index (κ1) is 21.1. The molecule has 0 fully saturated rings. The number of aromatic nitrogens is 3. The minimum Gasteiger partial charge on any atom is -0.342 e. The number of imidazole rings is 1. The highest BCUT2D eigenvalue weighted by atomic mass is 16.2. The molecule has 1 N–H and O–H groups in total. The number of carbonyl (C=O) groups is 1. The predicted octanol–water partition coefficient (Wildman–Crippen LogP) is 4.32. The van der Waals surface area contributed by atoms with E-state index in [1.807, 2.05) is 48.1 Å². The van der Waals surface area contributed by atoms with Gasteiger partial charge in [0.2, 0.25) is 5.91 Å². The van der Waals surface area contributed by atoms with E-state index in [9.17, 15) is 4.79 Å². The fourth-order valence-electron chi connectivity index (χ4n) is 3.75. The molecule has 156 valence electrons. The topological polar surface area (TPSA) is 55.1 Å². The number of benzene rings is 1. The summed E-state index contributed by atoms with van der Waals surface area (Å²) in [5.41, 5.74) is 2.83. The summed E-state index contributed by atoms with van der Waals surface area (Å²) in [5.74, 6) is 1.44. The maximum absolute atomic E-state index is 13.0. The smallest absolute Gasteiger partial charge is 0.247 e. The van der Waals surface area contributed by atoms with Crippen LogP contribution in [-0.4, -0.2) is 45.6 Å². The number of amides is 1. The van der Waals surface area contributed by atoms with Crippen LogP contribution in [-0.2, 0) is 11.3 Å². The highest BCUT2D eigenvalue weighted by Gasteiger charge is 2.21. The fraction of sp³-hybridized carbons (Fsp3) is 0.478. The van der Waals surface area contributed by atoms with Crippen LogP contribution in [0.15, 0.2) is 42.7 Å². The summed E-state index contributed by atoms with van der Waals surface area (Å²) in [6.45, 7) is 8.31. The Morgan fingerprint density at radius 2 is 1.93 bits per heavy atom. The van der Waals surface area contributed by atoms with Crippen molar-refractivity contribution < 1.29 is 4.79 Å². The van der Waals surface area contributed by atoms with Crippen LogP contribution in [0.1, 0.15) is 38.6 Å². The van der Waals surface area contributed by atoms with Crippen molar-refractivity contribution in [3.8, 4) is 0 Å². The maximum atomic E-state index is 13.0. The fourth-order valence-corrected chi connectivity index (χ4v) is 3.75. The van der Waals surface area contributed by atoms with Crippen LogP contribution >= 0.6 is 0 Å². The van der Waals surface area contributed by atoms with Gasteiger partial charge in [-0.2, -0.15) is 0 Å². The Hall–Kier alpha value is -2.60. The van der Waals surface area contributed by atoms with E-state index in [-0.39, 0.29) is 11.9 Å². The zero-order valence-corrected chi connectivity index (χ0v) is 18.2. The minimum atomic E-state index is -0.217. The van der Waals surface area contributed by atoms with E-state index in [4.69, 9.17) is 4.98 Å². The van der Waals surface area contributed by atoms with Crippen LogP contribution in [0.25, 0.3) is 11.0 Å². The lowest BCUT2D eigenvalue weighted by molar-refractivity contribution is -0.119. The average molecular weight is 396 g/mol. The van der Waals surface area contributed by atoms with Crippen LogP contribution < -0.4 is 5.32 Å². The third-order valence-corrected chi connectivity index (χ3v) is 5.18. The first-order chi connectivity index (χ1) is 13.8. The summed E-state index contributed by atoms with van der Waals surface area (Å²) in [5, 5.41) is 3.10. The predicted molar refractivity (Wildman–Crippen MR) is 119 cm³/mol. The number of hydrogen-bond acceptors (Lipinski definition) is 3. The highest BCUT2D eigenvalue weighted by Crippen LogP contribution is 2.24. The molecule has 29 heavy (non-hydrogen) atoms. The molecule has 2 aromatic heterocycles. The van der Waals surface area contributed by atoms with Gasteiger partial charge in [0.15, 0.2) is 0 Å². The summed E-state index contributed by atoms with van der Waals surface area (Å²) in [4.78, 5) is 19.9. The van der Waals surface area contributed by atoms with Crippen molar-refractivity contribution in [2.75, 3.05) is 26.0 Å². The van der Waals surface area contributed by atoms with Crippen molar-refractivity contribution in [3.05, 3.63) is 48.5 Å². The van der Waals surface area contributed by atoms with E-state index in [0.717, 1.165) is 48.5 Å². The molecule has 0 saturated carbocycles. The molecule has 0 spiro atoms. The Labute approximate surface area is 173 Å². The summed E-state index contributed by atoms with van der Waals surface area (Å²) < 4.78 is 4.24. The van der Waals surface area contributed by atoms with Crippen LogP contribution in [0.4, 0.5) is 5.69 Å². The number of rotatable bonds is 9. The van der Waals surface area contributed by atoms with Crippen molar-refractivity contribution in [2.45, 2.75) is 46.2 Å². The quantitative estimate of drug-likeness (QED) is 0.587. The Balaban J connectivity index is 1.77. The van der Waals surface area contributed by atoms with Crippen molar-refractivity contribution in [3.63, 3.8) is 0 Å². The second-order valence-electron chi connectivity index (χ2n) is 8.44. The van der Waals surface area contributed by atoms with E-state index < -0.39 is 0 Å². The number of hydrogen-bond donors (Lipinski definition) is 1. The van der Waals surface area contributed by atoms with Crippen LogP contribution in [0, 0.1) is 12.8 Å². The number of nitrogens with one attached hydrogen (secondary N) is 1. The minimum absolute atomic E-state index is 0.0105. The Bertz CT molecular complexity index is 940. The molecule has 0 aliphatic carbocycles. The molecule has 1 unspecified atom stereocenters. The van der Waals surface area contributed by atoms with E-state index >= 15 is 0 Å². The lowest BCUT2D eigenvalue weighted by atomic mass is 10.0. The zero-order chi connectivity index (χ0) is 21.0. The first-order valence-corrected chi connectivity index (χ1v) is 10.4. The van der Waals surface area contributed by atoms with Crippen molar-refractivity contribution in [2.24, 2.45) is 5.92 Å². The Morgan fingerprint density at radius 3 is 2.59 bits per heavy atom.